The Bertz CT molecular complexity index is 299. The minimum absolute atomic E-state index is 0.304. The first-order chi connectivity index (χ1) is 7.11. The fourth-order valence-electron chi connectivity index (χ4n) is 1.44. The molecular formula is C12H19ClN2. The molecule has 2 nitrogen and oxygen atoms in total. The van der Waals surface area contributed by atoms with Crippen LogP contribution >= 0.6 is 11.6 Å². The van der Waals surface area contributed by atoms with Gasteiger partial charge in [-0.2, -0.15) is 0 Å². The molecule has 0 aromatic heterocycles. The third-order valence-electron chi connectivity index (χ3n) is 2.38. The highest BCUT2D eigenvalue weighted by atomic mass is 35.5. The zero-order valence-corrected chi connectivity index (χ0v) is 10.4. The van der Waals surface area contributed by atoms with Crippen LogP contribution in [0.2, 0.25) is 5.02 Å². The van der Waals surface area contributed by atoms with Crippen LogP contribution in [-0.2, 0) is 0 Å². The molecule has 0 radical (unpaired) electrons. The molecule has 1 aromatic rings. The van der Waals surface area contributed by atoms with E-state index in [4.69, 9.17) is 11.6 Å². The van der Waals surface area contributed by atoms with Gasteiger partial charge in [0.25, 0.3) is 0 Å². The largest absolute Gasteiger partial charge is 0.309 e. The number of hydrogen-bond acceptors (Lipinski definition) is 2. The predicted octanol–water partition coefficient (Wildman–Crippen LogP) is 2.55. The third-order valence-corrected chi connectivity index (χ3v) is 2.73. The summed E-state index contributed by atoms with van der Waals surface area (Å²) in [4.78, 5) is 2.16. The molecule has 0 fully saturated rings. The Kier molecular flexibility index (Phi) is 5.09. The second kappa shape index (κ2) is 6.11. The summed E-state index contributed by atoms with van der Waals surface area (Å²) in [5.74, 6) is 0. The first kappa shape index (κ1) is 12.5. The molecule has 84 valence electrons. The molecule has 1 N–H and O–H groups in total. The topological polar surface area (TPSA) is 15.3 Å². The molecule has 15 heavy (non-hydrogen) atoms. The minimum atomic E-state index is 0.304. The molecular weight excluding hydrogens is 208 g/mol. The van der Waals surface area contributed by atoms with Gasteiger partial charge >= 0.3 is 0 Å². The van der Waals surface area contributed by atoms with Gasteiger partial charge in [-0.1, -0.05) is 29.8 Å². The van der Waals surface area contributed by atoms with Crippen LogP contribution in [0.4, 0.5) is 0 Å². The van der Waals surface area contributed by atoms with Crippen molar-refractivity contribution in [2.45, 2.75) is 13.0 Å². The summed E-state index contributed by atoms with van der Waals surface area (Å²) in [5.41, 5.74) is 1.16. The molecule has 1 atom stereocenters. The van der Waals surface area contributed by atoms with E-state index < -0.39 is 0 Å². The van der Waals surface area contributed by atoms with E-state index in [0.717, 1.165) is 23.7 Å². The standard InChI is InChI=1S/C12H19ClN2/c1-10(14-8-9-15(2)3)11-6-4-5-7-12(11)13/h4-7,10,14H,8-9H2,1-3H3/t10-/m0/s1. The van der Waals surface area contributed by atoms with E-state index in [1.165, 1.54) is 0 Å². The molecule has 3 heteroatoms. The second-order valence-electron chi connectivity index (χ2n) is 4.00. The average Bonchev–Trinajstić information content (AvgIpc) is 2.17. The minimum Gasteiger partial charge on any atom is -0.309 e. The van der Waals surface area contributed by atoms with Gasteiger partial charge < -0.3 is 10.2 Å². The van der Waals surface area contributed by atoms with Crippen molar-refractivity contribution in [1.29, 1.82) is 0 Å². The summed E-state index contributed by atoms with van der Waals surface area (Å²) in [6.45, 7) is 4.14. The fourth-order valence-corrected chi connectivity index (χ4v) is 1.74. The van der Waals surface area contributed by atoms with Crippen molar-refractivity contribution in [3.8, 4) is 0 Å². The first-order valence-corrected chi connectivity index (χ1v) is 5.61. The van der Waals surface area contributed by atoms with Crippen LogP contribution in [0.1, 0.15) is 18.5 Å². The van der Waals surface area contributed by atoms with Crippen molar-refractivity contribution >= 4 is 11.6 Å². The van der Waals surface area contributed by atoms with Gasteiger partial charge in [-0.25, -0.2) is 0 Å². The van der Waals surface area contributed by atoms with Crippen molar-refractivity contribution in [3.63, 3.8) is 0 Å². The van der Waals surface area contributed by atoms with E-state index in [9.17, 15) is 0 Å². The zero-order valence-electron chi connectivity index (χ0n) is 9.63. The lowest BCUT2D eigenvalue weighted by Gasteiger charge is -2.17. The van der Waals surface area contributed by atoms with Crippen molar-refractivity contribution in [1.82, 2.24) is 10.2 Å². The molecule has 0 heterocycles. The van der Waals surface area contributed by atoms with E-state index in [-0.39, 0.29) is 0 Å². The maximum atomic E-state index is 6.11. The number of halogens is 1. The number of likely N-dealkylation sites (N-methyl/N-ethyl adjacent to an activating group) is 1. The number of benzene rings is 1. The highest BCUT2D eigenvalue weighted by molar-refractivity contribution is 6.31. The van der Waals surface area contributed by atoms with E-state index in [1.54, 1.807) is 0 Å². The van der Waals surface area contributed by atoms with Crippen molar-refractivity contribution in [3.05, 3.63) is 34.9 Å². The highest BCUT2D eigenvalue weighted by Gasteiger charge is 2.07. The SMILES string of the molecule is C[C@H](NCCN(C)C)c1ccccc1Cl. The van der Waals surface area contributed by atoms with Crippen LogP contribution in [-0.4, -0.2) is 32.1 Å². The normalized spacial score (nSPS) is 13.1. The fraction of sp³-hybridized carbons (Fsp3) is 0.500. The lowest BCUT2D eigenvalue weighted by molar-refractivity contribution is 0.389. The van der Waals surface area contributed by atoms with Crippen LogP contribution in [0, 0.1) is 0 Å². The second-order valence-corrected chi connectivity index (χ2v) is 4.41. The molecule has 1 rings (SSSR count). The van der Waals surface area contributed by atoms with Gasteiger partial charge in [0.1, 0.15) is 0 Å². The van der Waals surface area contributed by atoms with Gasteiger partial charge in [-0.05, 0) is 32.6 Å². The predicted molar refractivity (Wildman–Crippen MR) is 66.4 cm³/mol. The quantitative estimate of drug-likeness (QED) is 0.830. The van der Waals surface area contributed by atoms with Crippen LogP contribution in [0.15, 0.2) is 24.3 Å². The third kappa shape index (κ3) is 4.20. The highest BCUT2D eigenvalue weighted by Crippen LogP contribution is 2.21. The zero-order chi connectivity index (χ0) is 11.3. The van der Waals surface area contributed by atoms with Crippen molar-refractivity contribution < 1.29 is 0 Å². The maximum Gasteiger partial charge on any atom is 0.0453 e. The van der Waals surface area contributed by atoms with Gasteiger partial charge in [-0.15, -0.1) is 0 Å². The number of rotatable bonds is 5. The Morgan fingerprint density at radius 3 is 2.60 bits per heavy atom. The molecule has 0 aliphatic rings. The number of hydrogen-bond donors (Lipinski definition) is 1. The maximum absolute atomic E-state index is 6.11. The molecule has 0 aliphatic heterocycles. The number of nitrogens with zero attached hydrogens (tertiary/aromatic N) is 1. The van der Waals surface area contributed by atoms with Gasteiger partial charge in [-0.3, -0.25) is 0 Å². The Balaban J connectivity index is 2.47. The smallest absolute Gasteiger partial charge is 0.0453 e. The van der Waals surface area contributed by atoms with Crippen LogP contribution in [0.5, 0.6) is 0 Å². The average molecular weight is 227 g/mol. The van der Waals surface area contributed by atoms with E-state index in [2.05, 4.69) is 37.3 Å². The summed E-state index contributed by atoms with van der Waals surface area (Å²) in [6.07, 6.45) is 0. The molecule has 1 aromatic carbocycles. The summed E-state index contributed by atoms with van der Waals surface area (Å²) >= 11 is 6.11. The lowest BCUT2D eigenvalue weighted by Crippen LogP contribution is -2.28. The molecule has 0 bridgehead atoms. The Labute approximate surface area is 97.2 Å². The van der Waals surface area contributed by atoms with E-state index >= 15 is 0 Å². The summed E-state index contributed by atoms with van der Waals surface area (Å²) in [5, 5.41) is 4.28. The van der Waals surface area contributed by atoms with Crippen molar-refractivity contribution in [2.24, 2.45) is 0 Å². The lowest BCUT2D eigenvalue weighted by atomic mass is 10.1. The molecule has 0 unspecified atom stereocenters. The summed E-state index contributed by atoms with van der Waals surface area (Å²) in [6, 6.07) is 8.28. The van der Waals surface area contributed by atoms with Crippen molar-refractivity contribution in [2.75, 3.05) is 27.2 Å². The molecule has 0 spiro atoms. The monoisotopic (exact) mass is 226 g/mol. The van der Waals surface area contributed by atoms with Gasteiger partial charge in [0.15, 0.2) is 0 Å². The number of nitrogens with one attached hydrogen (secondary N) is 1. The first-order valence-electron chi connectivity index (χ1n) is 5.24. The summed E-state index contributed by atoms with van der Waals surface area (Å²) in [7, 11) is 4.14. The summed E-state index contributed by atoms with van der Waals surface area (Å²) < 4.78 is 0. The Hall–Kier alpha value is -0.570. The van der Waals surface area contributed by atoms with Gasteiger partial charge in [0.05, 0.1) is 0 Å². The molecule has 0 saturated carbocycles. The van der Waals surface area contributed by atoms with Crippen LogP contribution < -0.4 is 5.32 Å². The molecule has 0 amide bonds. The van der Waals surface area contributed by atoms with E-state index in [1.807, 2.05) is 18.2 Å². The molecule has 0 saturated heterocycles. The Morgan fingerprint density at radius 1 is 1.33 bits per heavy atom. The van der Waals surface area contributed by atoms with Crippen LogP contribution in [0.25, 0.3) is 0 Å². The van der Waals surface area contributed by atoms with E-state index in [0.29, 0.717) is 6.04 Å². The van der Waals surface area contributed by atoms with Gasteiger partial charge in [0, 0.05) is 24.2 Å². The van der Waals surface area contributed by atoms with Gasteiger partial charge in [0.2, 0.25) is 0 Å². The van der Waals surface area contributed by atoms with Crippen LogP contribution in [0.3, 0.4) is 0 Å². The molecule has 0 aliphatic carbocycles. The Morgan fingerprint density at radius 2 is 2.00 bits per heavy atom.